The van der Waals surface area contributed by atoms with Gasteiger partial charge in [-0.15, -0.1) is 0 Å². The van der Waals surface area contributed by atoms with Gasteiger partial charge in [0.05, 0.1) is 23.7 Å². The van der Waals surface area contributed by atoms with E-state index in [0.29, 0.717) is 42.7 Å². The molecule has 0 spiro atoms. The Morgan fingerprint density at radius 3 is 2.62 bits per heavy atom. The lowest BCUT2D eigenvalue weighted by Crippen LogP contribution is -2.43. The molecular weight excluding hydrogens is 356 g/mol. The third-order valence-electron chi connectivity index (χ3n) is 4.70. The Kier molecular flexibility index (Phi) is 5.10. The topological polar surface area (TPSA) is 103 Å². The van der Waals surface area contributed by atoms with Crippen LogP contribution < -0.4 is 5.56 Å². The monoisotopic (exact) mass is 378 g/mol. The molecule has 26 heavy (non-hydrogen) atoms. The molecule has 8 nitrogen and oxygen atoms in total. The van der Waals surface area contributed by atoms with E-state index in [4.69, 9.17) is 0 Å². The normalized spacial score (nSPS) is 16.7. The van der Waals surface area contributed by atoms with Gasteiger partial charge < -0.3 is 9.88 Å². The highest BCUT2D eigenvalue weighted by molar-refractivity contribution is 7.88. The molecule has 0 saturated carbocycles. The van der Waals surface area contributed by atoms with Crippen molar-refractivity contribution in [3.05, 3.63) is 40.4 Å². The number of carbonyl (C=O) groups excluding carboxylic acids is 1. The molecule has 2 heterocycles. The number of hydrogen-bond acceptors (Lipinski definition) is 5. The predicted octanol–water partition coefficient (Wildman–Crippen LogP) is 0.553. The van der Waals surface area contributed by atoms with Crippen LogP contribution in [-0.2, 0) is 21.4 Å². The molecule has 1 aliphatic rings. The second-order valence-corrected chi connectivity index (χ2v) is 8.64. The summed E-state index contributed by atoms with van der Waals surface area (Å²) < 4.78 is 24.5. The van der Waals surface area contributed by atoms with Crippen LogP contribution in [0.1, 0.15) is 18.7 Å². The van der Waals surface area contributed by atoms with Gasteiger partial charge in [0.15, 0.2) is 0 Å². The second kappa shape index (κ2) is 7.16. The number of rotatable bonds is 4. The fourth-order valence-electron chi connectivity index (χ4n) is 3.26. The molecule has 1 amide bonds. The average molecular weight is 378 g/mol. The third-order valence-corrected chi connectivity index (χ3v) is 6.00. The molecule has 1 aromatic heterocycles. The van der Waals surface area contributed by atoms with Crippen molar-refractivity contribution in [2.24, 2.45) is 5.92 Å². The second-order valence-electron chi connectivity index (χ2n) is 6.66. The summed E-state index contributed by atoms with van der Waals surface area (Å²) in [6.07, 6.45) is 2.18. The lowest BCUT2D eigenvalue weighted by Gasteiger charge is -2.31. The molecule has 0 unspecified atom stereocenters. The molecule has 0 bridgehead atoms. The fourth-order valence-corrected chi connectivity index (χ4v) is 4.13. The quantitative estimate of drug-likeness (QED) is 0.837. The first-order valence-corrected chi connectivity index (χ1v) is 10.3. The molecule has 9 heteroatoms. The Balaban J connectivity index is 1.68. The molecule has 0 radical (unpaired) electrons. The van der Waals surface area contributed by atoms with E-state index in [-0.39, 0.29) is 23.9 Å². The molecule has 1 aromatic carbocycles. The van der Waals surface area contributed by atoms with E-state index in [9.17, 15) is 18.0 Å². The smallest absolute Gasteiger partial charge is 0.258 e. The van der Waals surface area contributed by atoms with Gasteiger partial charge in [0.1, 0.15) is 5.82 Å². The lowest BCUT2D eigenvalue weighted by atomic mass is 9.96. The van der Waals surface area contributed by atoms with E-state index in [1.807, 2.05) is 6.07 Å². The summed E-state index contributed by atoms with van der Waals surface area (Å²) >= 11 is 0. The highest BCUT2D eigenvalue weighted by Gasteiger charge is 2.30. The summed E-state index contributed by atoms with van der Waals surface area (Å²) in [4.78, 5) is 33.4. The van der Waals surface area contributed by atoms with E-state index in [2.05, 4.69) is 9.97 Å². The van der Waals surface area contributed by atoms with Crippen LogP contribution >= 0.6 is 0 Å². The number of para-hydroxylation sites is 1. The van der Waals surface area contributed by atoms with Gasteiger partial charge in [-0.3, -0.25) is 9.59 Å². The van der Waals surface area contributed by atoms with Crippen LogP contribution in [-0.4, -0.2) is 59.9 Å². The fraction of sp³-hybridized carbons (Fsp3) is 0.471. The number of aromatic amines is 1. The molecule has 3 rings (SSSR count). The van der Waals surface area contributed by atoms with Crippen LogP contribution in [0.3, 0.4) is 0 Å². The summed E-state index contributed by atoms with van der Waals surface area (Å²) in [7, 11) is -1.54. The van der Waals surface area contributed by atoms with Crippen molar-refractivity contribution in [2.45, 2.75) is 19.4 Å². The van der Waals surface area contributed by atoms with Crippen molar-refractivity contribution >= 4 is 26.8 Å². The van der Waals surface area contributed by atoms with Gasteiger partial charge >= 0.3 is 0 Å². The zero-order valence-electron chi connectivity index (χ0n) is 14.8. The predicted molar refractivity (Wildman–Crippen MR) is 98.0 cm³/mol. The third kappa shape index (κ3) is 3.94. The van der Waals surface area contributed by atoms with Crippen LogP contribution in [0.15, 0.2) is 29.1 Å². The summed E-state index contributed by atoms with van der Waals surface area (Å²) in [5.41, 5.74) is 0.362. The highest BCUT2D eigenvalue weighted by atomic mass is 32.2. The van der Waals surface area contributed by atoms with Crippen molar-refractivity contribution in [1.29, 1.82) is 0 Å². The first-order chi connectivity index (χ1) is 12.3. The van der Waals surface area contributed by atoms with Crippen molar-refractivity contribution in [1.82, 2.24) is 19.2 Å². The number of carbonyl (C=O) groups is 1. The molecule has 140 valence electrons. The van der Waals surface area contributed by atoms with Crippen molar-refractivity contribution < 1.29 is 13.2 Å². The maximum Gasteiger partial charge on any atom is 0.258 e. The van der Waals surface area contributed by atoms with Crippen molar-refractivity contribution in [3.8, 4) is 0 Å². The zero-order chi connectivity index (χ0) is 18.9. The number of nitrogens with zero attached hydrogens (tertiary/aromatic N) is 3. The molecule has 2 aromatic rings. The number of piperidine rings is 1. The Labute approximate surface area is 151 Å². The van der Waals surface area contributed by atoms with Crippen LogP contribution in [0.4, 0.5) is 0 Å². The number of H-pyrrole nitrogens is 1. The number of fused-ring (bicyclic) bond motifs is 1. The molecule has 0 aliphatic carbocycles. The summed E-state index contributed by atoms with van der Waals surface area (Å²) in [5, 5.41) is 0.512. The highest BCUT2D eigenvalue weighted by Crippen LogP contribution is 2.21. The van der Waals surface area contributed by atoms with Gasteiger partial charge in [-0.05, 0) is 25.0 Å². The number of sulfonamides is 1. The maximum absolute atomic E-state index is 12.6. The maximum atomic E-state index is 12.6. The van der Waals surface area contributed by atoms with Crippen molar-refractivity contribution in [2.75, 3.05) is 26.4 Å². The summed E-state index contributed by atoms with van der Waals surface area (Å²) in [6.45, 7) is 0.910. The summed E-state index contributed by atoms with van der Waals surface area (Å²) in [5.74, 6) is 0.150. The van der Waals surface area contributed by atoms with Crippen LogP contribution in [0.5, 0.6) is 0 Å². The van der Waals surface area contributed by atoms with Gasteiger partial charge in [0.2, 0.25) is 15.9 Å². The standard InChI is InChI=1S/C17H22N4O4S/c1-20(17(23)12-7-9-21(10-8-12)26(2,24)25)11-15-18-14-6-4-3-5-13(14)16(22)19-15/h3-6,12H,7-11H2,1-2H3,(H,18,19,22). The van der Waals surface area contributed by atoms with E-state index in [0.717, 1.165) is 0 Å². The molecule has 1 aliphatic heterocycles. The SMILES string of the molecule is CN(Cc1nc2ccccc2c(=O)[nH]1)C(=O)C1CCN(S(C)(=O)=O)CC1. The summed E-state index contributed by atoms with van der Waals surface area (Å²) in [6, 6.07) is 7.05. The molecule has 0 atom stereocenters. The number of nitrogens with one attached hydrogen (secondary N) is 1. The van der Waals surface area contributed by atoms with E-state index < -0.39 is 10.0 Å². The minimum absolute atomic E-state index is 0.0611. The Morgan fingerprint density at radius 1 is 1.31 bits per heavy atom. The molecule has 1 saturated heterocycles. The van der Waals surface area contributed by atoms with Crippen molar-refractivity contribution in [3.63, 3.8) is 0 Å². The van der Waals surface area contributed by atoms with Gasteiger partial charge in [-0.25, -0.2) is 17.7 Å². The van der Waals surface area contributed by atoms with E-state index in [1.54, 1.807) is 25.2 Å². The zero-order valence-corrected chi connectivity index (χ0v) is 15.6. The minimum atomic E-state index is -3.21. The first-order valence-electron chi connectivity index (χ1n) is 8.44. The molecule has 1 fully saturated rings. The van der Waals surface area contributed by atoms with Gasteiger partial charge in [-0.1, -0.05) is 12.1 Å². The number of amides is 1. The number of hydrogen-bond donors (Lipinski definition) is 1. The average Bonchev–Trinajstić information content (AvgIpc) is 2.60. The van der Waals surface area contributed by atoms with Crippen LogP contribution in [0.25, 0.3) is 10.9 Å². The molecular formula is C17H22N4O4S. The molecule has 1 N–H and O–H groups in total. The van der Waals surface area contributed by atoms with Gasteiger partial charge in [0.25, 0.3) is 5.56 Å². The largest absolute Gasteiger partial charge is 0.338 e. The Hall–Kier alpha value is -2.26. The minimum Gasteiger partial charge on any atom is -0.338 e. The number of aromatic nitrogens is 2. The lowest BCUT2D eigenvalue weighted by molar-refractivity contribution is -0.136. The first kappa shape index (κ1) is 18.5. The van der Waals surface area contributed by atoms with E-state index in [1.165, 1.54) is 15.5 Å². The Bertz CT molecular complexity index is 978. The van der Waals surface area contributed by atoms with Crippen LogP contribution in [0.2, 0.25) is 0 Å². The Morgan fingerprint density at radius 2 is 1.96 bits per heavy atom. The van der Waals surface area contributed by atoms with E-state index >= 15 is 0 Å². The van der Waals surface area contributed by atoms with Gasteiger partial charge in [-0.2, -0.15) is 0 Å². The van der Waals surface area contributed by atoms with Gasteiger partial charge in [0, 0.05) is 26.1 Å². The number of benzene rings is 1. The van der Waals surface area contributed by atoms with Crippen LogP contribution in [0, 0.1) is 5.92 Å².